The van der Waals surface area contributed by atoms with E-state index >= 15 is 0 Å². The van der Waals surface area contributed by atoms with Crippen LogP contribution in [0.5, 0.6) is 0 Å². The van der Waals surface area contributed by atoms with E-state index in [0.29, 0.717) is 23.5 Å². The van der Waals surface area contributed by atoms with Gasteiger partial charge in [0.25, 0.3) is 0 Å². The van der Waals surface area contributed by atoms with Crippen molar-refractivity contribution >= 4 is 23.0 Å². The van der Waals surface area contributed by atoms with E-state index in [2.05, 4.69) is 23.6 Å². The van der Waals surface area contributed by atoms with Crippen molar-refractivity contribution in [2.45, 2.75) is 45.1 Å². The number of hydrogen-bond acceptors (Lipinski definition) is 2. The van der Waals surface area contributed by atoms with Crippen molar-refractivity contribution in [2.75, 3.05) is 5.32 Å². The largest absolute Gasteiger partial charge is 0.359 e. The fourth-order valence-corrected chi connectivity index (χ4v) is 2.93. The molecule has 1 aliphatic rings. The lowest BCUT2D eigenvalue weighted by atomic mass is 9.86. The summed E-state index contributed by atoms with van der Waals surface area (Å²) in [5.41, 5.74) is 1.99. The molecular weight excluding hydrogens is 266 g/mol. The number of hydrogen-bond donors (Lipinski definition) is 2. The summed E-state index contributed by atoms with van der Waals surface area (Å²) in [7, 11) is 0. The Labute approximate surface area is 126 Å². The Morgan fingerprint density at radius 1 is 1.30 bits per heavy atom. The third-order valence-electron chi connectivity index (χ3n) is 3.92. The summed E-state index contributed by atoms with van der Waals surface area (Å²) < 4.78 is 0. The number of benzene rings is 1. The molecule has 2 rings (SSSR count). The molecule has 0 aliphatic heterocycles. The Morgan fingerprint density at radius 2 is 2.00 bits per heavy atom. The van der Waals surface area contributed by atoms with Gasteiger partial charge in [-0.2, -0.15) is 5.26 Å². The summed E-state index contributed by atoms with van der Waals surface area (Å²) in [5, 5.41) is 16.0. The first kappa shape index (κ1) is 14.8. The summed E-state index contributed by atoms with van der Waals surface area (Å²) >= 11 is 5.38. The van der Waals surface area contributed by atoms with Gasteiger partial charge >= 0.3 is 0 Å². The van der Waals surface area contributed by atoms with Crippen LogP contribution < -0.4 is 10.6 Å². The molecule has 1 aliphatic carbocycles. The van der Waals surface area contributed by atoms with Crippen molar-refractivity contribution in [3.63, 3.8) is 0 Å². The summed E-state index contributed by atoms with van der Waals surface area (Å²) in [6, 6.07) is 10.5. The first-order chi connectivity index (χ1) is 9.69. The molecule has 2 N–H and O–H groups in total. The maximum absolute atomic E-state index is 8.65. The molecule has 0 unspecified atom stereocenters. The Balaban J connectivity index is 1.86. The fraction of sp³-hybridized carbons (Fsp3) is 0.500. The number of anilines is 1. The highest BCUT2D eigenvalue weighted by molar-refractivity contribution is 7.80. The van der Waals surface area contributed by atoms with E-state index in [1.807, 2.05) is 24.3 Å². The van der Waals surface area contributed by atoms with Crippen LogP contribution in [0.3, 0.4) is 0 Å². The third kappa shape index (κ3) is 4.21. The van der Waals surface area contributed by atoms with Gasteiger partial charge in [0, 0.05) is 11.7 Å². The van der Waals surface area contributed by atoms with E-state index in [9.17, 15) is 0 Å². The van der Waals surface area contributed by atoms with Crippen molar-refractivity contribution in [1.29, 1.82) is 5.26 Å². The van der Waals surface area contributed by atoms with Crippen LogP contribution in [-0.2, 0) is 6.42 Å². The van der Waals surface area contributed by atoms with Gasteiger partial charge in [0.15, 0.2) is 5.11 Å². The predicted octanol–water partition coefficient (Wildman–Crippen LogP) is 3.62. The molecule has 0 saturated heterocycles. The molecule has 0 aromatic heterocycles. The quantitative estimate of drug-likeness (QED) is 0.834. The van der Waals surface area contributed by atoms with Crippen LogP contribution in [0.25, 0.3) is 0 Å². The molecule has 1 saturated carbocycles. The number of nitrogens with zero attached hydrogens (tertiary/aromatic N) is 1. The average Bonchev–Trinajstić information content (AvgIpc) is 2.44. The van der Waals surface area contributed by atoms with E-state index in [0.717, 1.165) is 11.3 Å². The molecule has 106 valence electrons. The second-order valence-electron chi connectivity index (χ2n) is 5.50. The molecule has 2 atom stereocenters. The van der Waals surface area contributed by atoms with Gasteiger partial charge in [-0.3, -0.25) is 0 Å². The van der Waals surface area contributed by atoms with Crippen LogP contribution in [0.2, 0.25) is 0 Å². The first-order valence-corrected chi connectivity index (χ1v) is 7.63. The highest BCUT2D eigenvalue weighted by atomic mass is 32.1. The number of rotatable bonds is 3. The van der Waals surface area contributed by atoms with Gasteiger partial charge in [-0.1, -0.05) is 31.9 Å². The highest BCUT2D eigenvalue weighted by Gasteiger charge is 2.21. The van der Waals surface area contributed by atoms with E-state index in [4.69, 9.17) is 17.5 Å². The minimum atomic E-state index is 0.447. The SMILES string of the molecule is C[C@@H]1CCCC[C@H]1NC(=S)Nc1ccc(CC#N)cc1. The zero-order chi connectivity index (χ0) is 14.4. The van der Waals surface area contributed by atoms with Crippen LogP contribution in [0.15, 0.2) is 24.3 Å². The van der Waals surface area contributed by atoms with Gasteiger partial charge < -0.3 is 10.6 Å². The molecular formula is C16H21N3S. The molecule has 20 heavy (non-hydrogen) atoms. The first-order valence-electron chi connectivity index (χ1n) is 7.22. The van der Waals surface area contributed by atoms with Gasteiger partial charge in [0.05, 0.1) is 12.5 Å². The van der Waals surface area contributed by atoms with Crippen LogP contribution in [0, 0.1) is 17.2 Å². The van der Waals surface area contributed by atoms with Crippen LogP contribution in [-0.4, -0.2) is 11.2 Å². The van der Waals surface area contributed by atoms with Crippen LogP contribution in [0.1, 0.15) is 38.2 Å². The van der Waals surface area contributed by atoms with E-state index < -0.39 is 0 Å². The summed E-state index contributed by atoms with van der Waals surface area (Å²) in [6.45, 7) is 2.29. The molecule has 1 fully saturated rings. The van der Waals surface area contributed by atoms with Gasteiger partial charge in [-0.05, 0) is 48.7 Å². The standard InChI is InChI=1S/C16H21N3S/c1-12-4-2-3-5-15(12)19-16(20)18-14-8-6-13(7-9-14)10-11-17/h6-9,12,15H,2-5,10H2,1H3,(H2,18,19,20)/t12-,15-/m1/s1. The lowest BCUT2D eigenvalue weighted by molar-refractivity contribution is 0.309. The maximum atomic E-state index is 8.65. The van der Waals surface area contributed by atoms with Crippen LogP contribution >= 0.6 is 12.2 Å². The van der Waals surface area contributed by atoms with E-state index in [1.165, 1.54) is 25.7 Å². The molecule has 0 radical (unpaired) electrons. The van der Waals surface area contributed by atoms with Crippen molar-refractivity contribution in [3.05, 3.63) is 29.8 Å². The smallest absolute Gasteiger partial charge is 0.171 e. The topological polar surface area (TPSA) is 47.8 Å². The van der Waals surface area contributed by atoms with Gasteiger partial charge in [0.1, 0.15) is 0 Å². The summed E-state index contributed by atoms with van der Waals surface area (Å²) in [5.74, 6) is 0.682. The highest BCUT2D eigenvalue weighted by Crippen LogP contribution is 2.23. The lowest BCUT2D eigenvalue weighted by Gasteiger charge is -2.30. The minimum absolute atomic E-state index is 0.447. The Morgan fingerprint density at radius 3 is 2.65 bits per heavy atom. The number of nitrogens with one attached hydrogen (secondary N) is 2. The molecule has 1 aromatic carbocycles. The molecule has 3 nitrogen and oxygen atoms in total. The lowest BCUT2D eigenvalue weighted by Crippen LogP contribution is -2.43. The van der Waals surface area contributed by atoms with Crippen molar-refractivity contribution in [1.82, 2.24) is 5.32 Å². The summed E-state index contributed by atoms with van der Waals surface area (Å²) in [4.78, 5) is 0. The molecule has 4 heteroatoms. The van der Waals surface area contributed by atoms with E-state index in [1.54, 1.807) is 0 Å². The average molecular weight is 287 g/mol. The zero-order valence-electron chi connectivity index (χ0n) is 11.9. The Bertz CT molecular complexity index is 489. The van der Waals surface area contributed by atoms with Gasteiger partial charge in [0.2, 0.25) is 0 Å². The number of thiocarbonyl (C=S) groups is 1. The molecule has 0 spiro atoms. The fourth-order valence-electron chi connectivity index (χ4n) is 2.66. The monoisotopic (exact) mass is 287 g/mol. The summed E-state index contributed by atoms with van der Waals surface area (Å²) in [6.07, 6.45) is 5.54. The molecule has 0 bridgehead atoms. The number of nitriles is 1. The van der Waals surface area contributed by atoms with Crippen molar-refractivity contribution in [2.24, 2.45) is 5.92 Å². The van der Waals surface area contributed by atoms with E-state index in [-0.39, 0.29) is 0 Å². The van der Waals surface area contributed by atoms with Gasteiger partial charge in [-0.15, -0.1) is 0 Å². The van der Waals surface area contributed by atoms with Crippen LogP contribution in [0.4, 0.5) is 5.69 Å². The zero-order valence-corrected chi connectivity index (χ0v) is 12.7. The Hall–Kier alpha value is -1.60. The predicted molar refractivity (Wildman–Crippen MR) is 86.5 cm³/mol. The molecule has 0 amide bonds. The third-order valence-corrected chi connectivity index (χ3v) is 4.14. The second kappa shape index (κ2) is 7.25. The van der Waals surface area contributed by atoms with Crippen molar-refractivity contribution < 1.29 is 0 Å². The van der Waals surface area contributed by atoms with Gasteiger partial charge in [-0.25, -0.2) is 0 Å². The molecule has 0 heterocycles. The molecule has 1 aromatic rings. The van der Waals surface area contributed by atoms with Crippen molar-refractivity contribution in [3.8, 4) is 6.07 Å². The second-order valence-corrected chi connectivity index (χ2v) is 5.91. The Kier molecular flexibility index (Phi) is 5.37. The minimum Gasteiger partial charge on any atom is -0.359 e. The maximum Gasteiger partial charge on any atom is 0.171 e. The normalized spacial score (nSPS) is 21.8.